The van der Waals surface area contributed by atoms with Crippen LogP contribution in [-0.2, 0) is 9.53 Å². The lowest BCUT2D eigenvalue weighted by molar-refractivity contribution is -0.143. The fourth-order valence-electron chi connectivity index (χ4n) is 1.65. The van der Waals surface area contributed by atoms with Crippen LogP contribution in [0.25, 0.3) is 0 Å². The Labute approximate surface area is 85.6 Å². The van der Waals surface area contributed by atoms with Crippen molar-refractivity contribution in [1.82, 2.24) is 0 Å². The minimum Gasteiger partial charge on any atom is -0.469 e. The van der Waals surface area contributed by atoms with Gasteiger partial charge in [0.25, 0.3) is 0 Å². The van der Waals surface area contributed by atoms with E-state index in [1.54, 1.807) is 0 Å². The van der Waals surface area contributed by atoms with Crippen LogP contribution >= 0.6 is 0 Å². The molecule has 0 aromatic rings. The number of methoxy groups -OCH3 is 1. The summed E-state index contributed by atoms with van der Waals surface area (Å²) in [5.74, 6) is -0.221. The molecule has 0 radical (unpaired) electrons. The lowest BCUT2D eigenvalue weighted by Crippen LogP contribution is -2.13. The van der Waals surface area contributed by atoms with Crippen molar-refractivity contribution in [3.8, 4) is 0 Å². The highest BCUT2D eigenvalue weighted by Gasteiger charge is 2.15. The first-order chi connectivity index (χ1) is 6.84. The second-order valence-corrected chi connectivity index (χ2v) is 3.66. The Morgan fingerprint density at radius 3 is 2.93 bits per heavy atom. The van der Waals surface area contributed by atoms with Crippen LogP contribution in [0.3, 0.4) is 0 Å². The number of hydrogen-bond donors (Lipinski definition) is 0. The molecule has 1 unspecified atom stereocenters. The predicted octanol–water partition coefficient (Wildman–Crippen LogP) is 2.84. The van der Waals surface area contributed by atoms with Gasteiger partial charge in [0.15, 0.2) is 0 Å². The molecule has 0 aromatic heterocycles. The minimum absolute atomic E-state index is 0.0886. The monoisotopic (exact) mass is 194 g/mol. The summed E-state index contributed by atoms with van der Waals surface area (Å²) in [5.41, 5.74) is 3.07. The summed E-state index contributed by atoms with van der Waals surface area (Å²) < 4.78 is 4.73. The Bertz CT molecular complexity index is 237. The zero-order chi connectivity index (χ0) is 10.2. The van der Waals surface area contributed by atoms with Gasteiger partial charge < -0.3 is 4.74 Å². The quantitative estimate of drug-likeness (QED) is 0.474. The number of carbonyl (C=O) groups excluding carboxylic acids is 1. The van der Waals surface area contributed by atoms with E-state index in [0.717, 1.165) is 19.3 Å². The second-order valence-electron chi connectivity index (χ2n) is 3.66. The van der Waals surface area contributed by atoms with Gasteiger partial charge in [0.1, 0.15) is 0 Å². The van der Waals surface area contributed by atoms with Crippen molar-refractivity contribution in [2.45, 2.75) is 38.5 Å². The molecule has 2 nitrogen and oxygen atoms in total. The van der Waals surface area contributed by atoms with E-state index in [9.17, 15) is 4.79 Å². The molecule has 78 valence electrons. The molecule has 1 atom stereocenters. The highest BCUT2D eigenvalue weighted by Crippen LogP contribution is 2.15. The van der Waals surface area contributed by atoms with E-state index in [-0.39, 0.29) is 11.9 Å². The normalized spacial score (nSPS) is 23.1. The van der Waals surface area contributed by atoms with Gasteiger partial charge in [-0.05, 0) is 31.4 Å². The van der Waals surface area contributed by atoms with Gasteiger partial charge in [-0.25, -0.2) is 0 Å². The smallest absolute Gasteiger partial charge is 0.313 e. The summed E-state index contributed by atoms with van der Waals surface area (Å²) in [6.07, 6.45) is 10.7. The van der Waals surface area contributed by atoms with Gasteiger partial charge >= 0.3 is 5.97 Å². The minimum atomic E-state index is -0.133. The van der Waals surface area contributed by atoms with Gasteiger partial charge in [0, 0.05) is 0 Å². The van der Waals surface area contributed by atoms with Crippen LogP contribution in [-0.4, -0.2) is 13.1 Å². The molecule has 0 amide bonds. The van der Waals surface area contributed by atoms with Crippen molar-refractivity contribution in [1.29, 1.82) is 0 Å². The van der Waals surface area contributed by atoms with Crippen LogP contribution in [0.5, 0.6) is 0 Å². The molecule has 0 saturated heterocycles. The Morgan fingerprint density at radius 2 is 2.14 bits per heavy atom. The molecule has 2 heteroatoms. The van der Waals surface area contributed by atoms with Crippen LogP contribution in [0.1, 0.15) is 38.5 Å². The maximum atomic E-state index is 11.3. The van der Waals surface area contributed by atoms with Gasteiger partial charge in [-0.2, -0.15) is 0 Å². The topological polar surface area (TPSA) is 26.3 Å². The lowest BCUT2D eigenvalue weighted by Gasteiger charge is -2.09. The van der Waals surface area contributed by atoms with Crippen LogP contribution in [0.15, 0.2) is 17.9 Å². The maximum Gasteiger partial charge on any atom is 0.313 e. The molecule has 0 aliphatic heterocycles. The van der Waals surface area contributed by atoms with Gasteiger partial charge in [-0.15, -0.1) is 5.73 Å². The van der Waals surface area contributed by atoms with Gasteiger partial charge in [0.2, 0.25) is 0 Å². The SMILES string of the molecule is COC(=O)C1C=C=CCCCCCC1. The maximum absolute atomic E-state index is 11.3. The van der Waals surface area contributed by atoms with Crippen LogP contribution in [0.4, 0.5) is 0 Å². The fourth-order valence-corrected chi connectivity index (χ4v) is 1.65. The molecule has 0 saturated carbocycles. The number of hydrogen-bond acceptors (Lipinski definition) is 2. The number of ether oxygens (including phenoxy) is 1. The Hall–Kier alpha value is -1.01. The van der Waals surface area contributed by atoms with Crippen molar-refractivity contribution in [3.63, 3.8) is 0 Å². The van der Waals surface area contributed by atoms with Gasteiger partial charge in [-0.1, -0.05) is 19.3 Å². The number of carbonyl (C=O) groups is 1. The zero-order valence-corrected chi connectivity index (χ0v) is 8.79. The van der Waals surface area contributed by atoms with E-state index < -0.39 is 0 Å². The molecule has 1 aliphatic carbocycles. The van der Waals surface area contributed by atoms with E-state index in [1.165, 1.54) is 26.4 Å². The Morgan fingerprint density at radius 1 is 1.36 bits per heavy atom. The van der Waals surface area contributed by atoms with Gasteiger partial charge in [0.05, 0.1) is 13.0 Å². The van der Waals surface area contributed by atoms with Crippen LogP contribution in [0, 0.1) is 5.92 Å². The average Bonchev–Trinajstić information content (AvgIpc) is 2.24. The predicted molar refractivity (Wildman–Crippen MR) is 55.9 cm³/mol. The summed E-state index contributed by atoms with van der Waals surface area (Å²) in [5, 5.41) is 0. The molecule has 0 spiro atoms. The van der Waals surface area contributed by atoms with E-state index >= 15 is 0 Å². The van der Waals surface area contributed by atoms with Crippen molar-refractivity contribution < 1.29 is 9.53 Å². The van der Waals surface area contributed by atoms with Crippen molar-refractivity contribution in [3.05, 3.63) is 17.9 Å². The van der Waals surface area contributed by atoms with Crippen LogP contribution < -0.4 is 0 Å². The summed E-state index contributed by atoms with van der Waals surface area (Å²) in [6.45, 7) is 0. The van der Waals surface area contributed by atoms with E-state index in [1.807, 2.05) is 12.2 Å². The third-order valence-corrected chi connectivity index (χ3v) is 2.53. The molecule has 0 aromatic carbocycles. The highest BCUT2D eigenvalue weighted by atomic mass is 16.5. The lowest BCUT2D eigenvalue weighted by atomic mass is 9.99. The molecule has 14 heavy (non-hydrogen) atoms. The largest absolute Gasteiger partial charge is 0.469 e. The Balaban J connectivity index is 2.59. The molecular weight excluding hydrogens is 176 g/mol. The highest BCUT2D eigenvalue weighted by molar-refractivity contribution is 5.74. The molecule has 0 fully saturated rings. The molecular formula is C12H18O2. The van der Waals surface area contributed by atoms with E-state index in [0.29, 0.717) is 0 Å². The summed E-state index contributed by atoms with van der Waals surface area (Å²) in [7, 11) is 1.44. The summed E-state index contributed by atoms with van der Waals surface area (Å²) >= 11 is 0. The second kappa shape index (κ2) is 6.44. The Kier molecular flexibility index (Phi) is 5.09. The standard InChI is InChI=1S/C12H18O2/c1-14-12(13)11-9-7-5-3-2-4-6-8-10-11/h5,9,11H,2-4,6,8,10H2,1H3. The summed E-state index contributed by atoms with van der Waals surface area (Å²) in [6, 6.07) is 0. The van der Waals surface area contributed by atoms with Crippen LogP contribution in [0.2, 0.25) is 0 Å². The first-order valence-corrected chi connectivity index (χ1v) is 5.33. The van der Waals surface area contributed by atoms with Crippen molar-refractivity contribution in [2.75, 3.05) is 7.11 Å². The third-order valence-electron chi connectivity index (χ3n) is 2.53. The number of rotatable bonds is 1. The molecule has 0 N–H and O–H groups in total. The fraction of sp³-hybridized carbons (Fsp3) is 0.667. The van der Waals surface area contributed by atoms with E-state index in [2.05, 4.69) is 5.73 Å². The zero-order valence-electron chi connectivity index (χ0n) is 8.79. The molecule has 1 rings (SSSR count). The average molecular weight is 194 g/mol. The third kappa shape index (κ3) is 3.80. The molecule has 1 aliphatic rings. The first kappa shape index (κ1) is 11.1. The summed E-state index contributed by atoms with van der Waals surface area (Å²) in [4.78, 5) is 11.3. The first-order valence-electron chi connectivity index (χ1n) is 5.33. The van der Waals surface area contributed by atoms with Gasteiger partial charge in [-0.3, -0.25) is 4.79 Å². The number of esters is 1. The van der Waals surface area contributed by atoms with E-state index in [4.69, 9.17) is 4.74 Å². The van der Waals surface area contributed by atoms with Crippen molar-refractivity contribution in [2.24, 2.45) is 5.92 Å². The molecule has 0 bridgehead atoms. The van der Waals surface area contributed by atoms with Crippen molar-refractivity contribution >= 4 is 5.97 Å². The molecule has 0 heterocycles.